The lowest BCUT2D eigenvalue weighted by atomic mass is 10.1. The van der Waals surface area contributed by atoms with E-state index in [9.17, 15) is 5.26 Å². The van der Waals surface area contributed by atoms with Gasteiger partial charge in [0, 0.05) is 10.9 Å². The number of allylic oxidation sites excluding steroid dienone is 1. The molecule has 2 aromatic carbocycles. The third-order valence-corrected chi connectivity index (χ3v) is 4.40. The lowest BCUT2D eigenvalue weighted by Crippen LogP contribution is -1.84. The van der Waals surface area contributed by atoms with Crippen LogP contribution in [0.4, 0.5) is 0 Å². The molecule has 0 atom stereocenters. The van der Waals surface area contributed by atoms with E-state index >= 15 is 0 Å². The van der Waals surface area contributed by atoms with Gasteiger partial charge in [0.15, 0.2) is 0 Å². The number of nitrogens with zero attached hydrogens (tertiary/aromatic N) is 3. The van der Waals surface area contributed by atoms with Crippen LogP contribution in [0.2, 0.25) is 0 Å². The van der Waals surface area contributed by atoms with Crippen LogP contribution in [0, 0.1) is 29.6 Å². The Labute approximate surface area is 144 Å². The summed E-state index contributed by atoms with van der Waals surface area (Å²) in [6.07, 6.45) is 1.76. The quantitative estimate of drug-likeness (QED) is 0.632. The van der Waals surface area contributed by atoms with Crippen LogP contribution in [0.1, 0.15) is 21.7 Å². The predicted molar refractivity (Wildman–Crippen MR) is 96.9 cm³/mol. The first-order chi connectivity index (χ1) is 11.7. The average Bonchev–Trinajstić information content (AvgIpc) is 3.10. The number of nitriles is 2. The molecule has 24 heavy (non-hydrogen) atoms. The molecule has 0 unspecified atom stereocenters. The van der Waals surface area contributed by atoms with Crippen molar-refractivity contribution >= 4 is 23.0 Å². The Bertz CT molecular complexity index is 983. The van der Waals surface area contributed by atoms with Gasteiger partial charge in [-0.05, 0) is 30.7 Å². The Hall–Kier alpha value is -3.21. The second-order valence-electron chi connectivity index (χ2n) is 5.31. The maximum Gasteiger partial charge on any atom is 0.134 e. The van der Waals surface area contributed by atoms with Gasteiger partial charge < -0.3 is 0 Å². The van der Waals surface area contributed by atoms with E-state index in [-0.39, 0.29) is 0 Å². The van der Waals surface area contributed by atoms with Crippen LogP contribution in [0.25, 0.3) is 22.9 Å². The highest BCUT2D eigenvalue weighted by Gasteiger charge is 2.09. The van der Waals surface area contributed by atoms with Crippen LogP contribution >= 0.6 is 11.3 Å². The molecule has 0 saturated carbocycles. The van der Waals surface area contributed by atoms with Crippen LogP contribution in [-0.2, 0) is 0 Å². The van der Waals surface area contributed by atoms with Gasteiger partial charge >= 0.3 is 0 Å². The number of hydrogen-bond donors (Lipinski definition) is 0. The van der Waals surface area contributed by atoms with E-state index in [1.807, 2.05) is 42.6 Å². The van der Waals surface area contributed by atoms with Crippen molar-refractivity contribution in [1.82, 2.24) is 4.98 Å². The van der Waals surface area contributed by atoms with E-state index in [2.05, 4.69) is 17.1 Å². The number of aromatic nitrogens is 1. The first-order valence-corrected chi connectivity index (χ1v) is 8.22. The van der Waals surface area contributed by atoms with Gasteiger partial charge in [0.1, 0.15) is 11.1 Å². The lowest BCUT2D eigenvalue weighted by molar-refractivity contribution is 1.36. The molecule has 0 radical (unpaired) electrons. The van der Waals surface area contributed by atoms with Crippen molar-refractivity contribution in [3.05, 3.63) is 75.6 Å². The maximum absolute atomic E-state index is 9.47. The molecule has 0 bridgehead atoms. The van der Waals surface area contributed by atoms with Gasteiger partial charge in [0.25, 0.3) is 0 Å². The zero-order valence-electron chi connectivity index (χ0n) is 13.0. The first-order valence-electron chi connectivity index (χ1n) is 7.34. The standard InChI is InChI=1S/C20H13N3S/c1-14-5-7-17(8-6-14)19-13-24-20(23-19)18(12-22)10-15-3-2-4-16(9-15)11-21/h2-10,13H,1H3. The minimum absolute atomic E-state index is 0.494. The van der Waals surface area contributed by atoms with E-state index in [0.717, 1.165) is 16.8 Å². The molecule has 0 spiro atoms. The van der Waals surface area contributed by atoms with E-state index in [4.69, 9.17) is 5.26 Å². The fourth-order valence-corrected chi connectivity index (χ4v) is 3.06. The molecule has 0 aliphatic rings. The van der Waals surface area contributed by atoms with E-state index in [0.29, 0.717) is 16.1 Å². The van der Waals surface area contributed by atoms with Gasteiger partial charge in [-0.2, -0.15) is 10.5 Å². The van der Waals surface area contributed by atoms with Crippen LogP contribution in [0.15, 0.2) is 53.9 Å². The van der Waals surface area contributed by atoms with Gasteiger partial charge in [-0.1, -0.05) is 42.0 Å². The number of thiazole rings is 1. The van der Waals surface area contributed by atoms with Crippen molar-refractivity contribution in [2.45, 2.75) is 6.92 Å². The Balaban J connectivity index is 1.95. The van der Waals surface area contributed by atoms with Crippen LogP contribution in [0.3, 0.4) is 0 Å². The average molecular weight is 327 g/mol. The van der Waals surface area contributed by atoms with Crippen molar-refractivity contribution in [3.8, 4) is 23.4 Å². The molecule has 4 heteroatoms. The zero-order valence-corrected chi connectivity index (χ0v) is 13.8. The van der Waals surface area contributed by atoms with Gasteiger partial charge in [0.2, 0.25) is 0 Å². The molecule has 0 aliphatic heterocycles. The number of hydrogen-bond acceptors (Lipinski definition) is 4. The Morgan fingerprint density at radius 3 is 2.62 bits per heavy atom. The van der Waals surface area contributed by atoms with E-state index < -0.39 is 0 Å². The minimum atomic E-state index is 0.494. The molecule has 0 saturated heterocycles. The van der Waals surface area contributed by atoms with Gasteiger partial charge in [0.05, 0.1) is 22.9 Å². The zero-order chi connectivity index (χ0) is 16.9. The van der Waals surface area contributed by atoms with Gasteiger partial charge in [-0.15, -0.1) is 11.3 Å². The third kappa shape index (κ3) is 3.41. The Morgan fingerprint density at radius 2 is 1.92 bits per heavy atom. The largest absolute Gasteiger partial charge is 0.235 e. The number of aryl methyl sites for hydroxylation is 1. The van der Waals surface area contributed by atoms with Crippen LogP contribution < -0.4 is 0 Å². The minimum Gasteiger partial charge on any atom is -0.235 e. The Kier molecular flexibility index (Phi) is 4.52. The summed E-state index contributed by atoms with van der Waals surface area (Å²) in [7, 11) is 0. The Morgan fingerprint density at radius 1 is 1.12 bits per heavy atom. The molecule has 1 aromatic heterocycles. The highest BCUT2D eigenvalue weighted by atomic mass is 32.1. The summed E-state index contributed by atoms with van der Waals surface area (Å²) in [5.41, 5.74) is 4.98. The monoisotopic (exact) mass is 327 g/mol. The SMILES string of the molecule is Cc1ccc(-c2csc(C(C#N)=Cc3cccc(C#N)c3)n2)cc1. The van der Waals surface area contributed by atoms with Crippen LogP contribution in [-0.4, -0.2) is 4.98 Å². The van der Waals surface area contributed by atoms with Crippen molar-refractivity contribution in [1.29, 1.82) is 10.5 Å². The molecular weight excluding hydrogens is 314 g/mol. The topological polar surface area (TPSA) is 60.5 Å². The highest BCUT2D eigenvalue weighted by molar-refractivity contribution is 7.11. The highest BCUT2D eigenvalue weighted by Crippen LogP contribution is 2.27. The summed E-state index contributed by atoms with van der Waals surface area (Å²) in [5, 5.41) is 21.1. The molecule has 1 heterocycles. The normalized spacial score (nSPS) is 10.9. The smallest absolute Gasteiger partial charge is 0.134 e. The molecular formula is C20H13N3S. The number of benzene rings is 2. The summed E-state index contributed by atoms with van der Waals surface area (Å²) < 4.78 is 0. The van der Waals surface area contributed by atoms with Crippen molar-refractivity contribution < 1.29 is 0 Å². The van der Waals surface area contributed by atoms with Gasteiger partial charge in [-0.3, -0.25) is 0 Å². The fourth-order valence-electron chi connectivity index (χ4n) is 2.26. The number of rotatable bonds is 3. The van der Waals surface area contributed by atoms with Crippen molar-refractivity contribution in [2.75, 3.05) is 0 Å². The molecule has 0 fully saturated rings. The first kappa shape index (κ1) is 15.7. The fraction of sp³-hybridized carbons (Fsp3) is 0.0500. The second-order valence-corrected chi connectivity index (χ2v) is 6.17. The predicted octanol–water partition coefficient (Wildman–Crippen LogP) is 5.05. The van der Waals surface area contributed by atoms with E-state index in [1.54, 1.807) is 24.3 Å². The summed E-state index contributed by atoms with van der Waals surface area (Å²) in [6.45, 7) is 2.04. The van der Waals surface area contributed by atoms with Crippen molar-refractivity contribution in [3.63, 3.8) is 0 Å². The molecule has 114 valence electrons. The molecule has 3 aromatic rings. The summed E-state index contributed by atoms with van der Waals surface area (Å²) in [5.74, 6) is 0. The van der Waals surface area contributed by atoms with Crippen LogP contribution in [0.5, 0.6) is 0 Å². The third-order valence-electron chi connectivity index (χ3n) is 3.53. The molecule has 3 rings (SSSR count). The van der Waals surface area contributed by atoms with Crippen molar-refractivity contribution in [2.24, 2.45) is 0 Å². The summed E-state index contributed by atoms with van der Waals surface area (Å²) >= 11 is 1.44. The molecule has 3 nitrogen and oxygen atoms in total. The maximum atomic E-state index is 9.47. The molecule has 0 N–H and O–H groups in total. The summed E-state index contributed by atoms with van der Waals surface area (Å²) in [6, 6.07) is 19.6. The summed E-state index contributed by atoms with van der Waals surface area (Å²) in [4.78, 5) is 4.58. The molecule has 0 amide bonds. The lowest BCUT2D eigenvalue weighted by Gasteiger charge is -1.98. The van der Waals surface area contributed by atoms with E-state index in [1.165, 1.54) is 16.9 Å². The molecule has 0 aliphatic carbocycles. The van der Waals surface area contributed by atoms with Gasteiger partial charge in [-0.25, -0.2) is 4.98 Å². The second kappa shape index (κ2) is 6.91.